The molecule has 34 heavy (non-hydrogen) atoms. The number of benzene rings is 3. The van der Waals surface area contributed by atoms with Crippen LogP contribution in [0.3, 0.4) is 0 Å². The summed E-state index contributed by atoms with van der Waals surface area (Å²) in [6.07, 6.45) is 4.17. The van der Waals surface area contributed by atoms with Gasteiger partial charge >= 0.3 is 0 Å². The number of ether oxygens (including phenoxy) is 2. The Morgan fingerprint density at radius 1 is 0.765 bits per heavy atom. The van der Waals surface area contributed by atoms with E-state index in [9.17, 15) is 4.79 Å². The number of H-pyrrole nitrogens is 1. The fourth-order valence-electron chi connectivity index (χ4n) is 4.13. The predicted molar refractivity (Wildman–Crippen MR) is 142 cm³/mol. The molecular formula is C29H23NO3S. The molecular weight excluding hydrogens is 442 g/mol. The fraction of sp³-hybridized carbons (Fsp3) is 0.0690. The number of aromatic nitrogens is 1. The second-order valence-corrected chi connectivity index (χ2v) is 8.75. The van der Waals surface area contributed by atoms with E-state index >= 15 is 0 Å². The molecule has 0 aliphatic carbocycles. The molecule has 168 valence electrons. The lowest BCUT2D eigenvalue weighted by molar-refractivity contribution is 0.356. The van der Waals surface area contributed by atoms with E-state index in [1.54, 1.807) is 25.6 Å². The molecule has 4 nitrogen and oxygen atoms in total. The van der Waals surface area contributed by atoms with Crippen LogP contribution in [0, 0.1) is 0 Å². The molecule has 0 radical (unpaired) electrons. The van der Waals surface area contributed by atoms with E-state index in [1.165, 1.54) is 0 Å². The lowest BCUT2D eigenvalue weighted by atomic mass is 9.93. The molecule has 2 heterocycles. The highest BCUT2D eigenvalue weighted by atomic mass is 32.1. The van der Waals surface area contributed by atoms with Gasteiger partial charge in [-0.15, -0.1) is 11.3 Å². The quantitative estimate of drug-likeness (QED) is 0.272. The van der Waals surface area contributed by atoms with Gasteiger partial charge in [-0.05, 0) is 40.3 Å². The molecule has 0 bridgehead atoms. The van der Waals surface area contributed by atoms with Crippen LogP contribution in [0.2, 0.25) is 0 Å². The van der Waals surface area contributed by atoms with Gasteiger partial charge in [0.05, 0.1) is 25.3 Å². The minimum absolute atomic E-state index is 0.137. The summed E-state index contributed by atoms with van der Waals surface area (Å²) < 4.78 is 11.1. The van der Waals surface area contributed by atoms with E-state index in [0.29, 0.717) is 22.6 Å². The van der Waals surface area contributed by atoms with Gasteiger partial charge in [0.15, 0.2) is 11.5 Å². The number of nitrogens with one attached hydrogen (secondary N) is 1. The van der Waals surface area contributed by atoms with Crippen LogP contribution < -0.4 is 15.0 Å². The summed E-state index contributed by atoms with van der Waals surface area (Å²) in [4.78, 5) is 17.3. The van der Waals surface area contributed by atoms with Crippen LogP contribution in [0.25, 0.3) is 44.6 Å². The molecule has 5 heteroatoms. The summed E-state index contributed by atoms with van der Waals surface area (Å²) in [6.45, 7) is 0. The first-order valence-corrected chi connectivity index (χ1v) is 11.8. The first-order valence-electron chi connectivity index (χ1n) is 10.9. The van der Waals surface area contributed by atoms with Crippen LogP contribution in [0.5, 0.6) is 11.5 Å². The average Bonchev–Trinajstić information content (AvgIpc) is 3.41. The molecule has 0 fully saturated rings. The van der Waals surface area contributed by atoms with Gasteiger partial charge in [0, 0.05) is 21.9 Å². The van der Waals surface area contributed by atoms with E-state index in [4.69, 9.17) is 9.47 Å². The fourth-order valence-corrected chi connectivity index (χ4v) is 4.91. The third-order valence-corrected chi connectivity index (χ3v) is 6.62. The molecule has 0 unspecified atom stereocenters. The van der Waals surface area contributed by atoms with Crippen molar-refractivity contribution in [1.29, 1.82) is 0 Å². The molecule has 0 spiro atoms. The maximum atomic E-state index is 13.3. The summed E-state index contributed by atoms with van der Waals surface area (Å²) in [6, 6.07) is 26.1. The van der Waals surface area contributed by atoms with Crippen LogP contribution in [0.4, 0.5) is 0 Å². The Bertz CT molecular complexity index is 1530. The summed E-state index contributed by atoms with van der Waals surface area (Å²) in [5, 5.41) is 2.88. The number of hydrogen-bond acceptors (Lipinski definition) is 4. The molecule has 0 saturated carbocycles. The van der Waals surface area contributed by atoms with Crippen molar-refractivity contribution >= 4 is 34.4 Å². The van der Waals surface area contributed by atoms with E-state index < -0.39 is 0 Å². The zero-order valence-corrected chi connectivity index (χ0v) is 19.7. The van der Waals surface area contributed by atoms with Crippen LogP contribution >= 0.6 is 11.3 Å². The summed E-state index contributed by atoms with van der Waals surface area (Å²) in [5.74, 6) is 1.18. The van der Waals surface area contributed by atoms with Gasteiger partial charge in [0.1, 0.15) is 0 Å². The highest BCUT2D eigenvalue weighted by molar-refractivity contribution is 7.13. The SMILES string of the molecule is COc1cc2[nH]c(=O)c(-c3cccs3)c(-c3cccc(/C=C/c4ccccc4)c3)c2cc1OC. The van der Waals surface area contributed by atoms with Crippen molar-refractivity contribution in [3.8, 4) is 33.1 Å². The summed E-state index contributed by atoms with van der Waals surface area (Å²) >= 11 is 1.55. The molecule has 5 aromatic rings. The van der Waals surface area contributed by atoms with Crippen LogP contribution in [0.15, 0.2) is 89.0 Å². The molecule has 1 N–H and O–H groups in total. The van der Waals surface area contributed by atoms with Crippen LogP contribution in [-0.2, 0) is 0 Å². The Balaban J connectivity index is 1.75. The number of methoxy groups -OCH3 is 2. The Morgan fingerprint density at radius 3 is 2.24 bits per heavy atom. The normalized spacial score (nSPS) is 11.2. The third kappa shape index (κ3) is 4.14. The van der Waals surface area contributed by atoms with Gasteiger partial charge in [0.25, 0.3) is 5.56 Å². The maximum absolute atomic E-state index is 13.3. The largest absolute Gasteiger partial charge is 0.493 e. The molecule has 3 aromatic carbocycles. The number of hydrogen-bond donors (Lipinski definition) is 1. The molecule has 0 aliphatic heterocycles. The van der Waals surface area contributed by atoms with Crippen LogP contribution in [0.1, 0.15) is 11.1 Å². The zero-order valence-electron chi connectivity index (χ0n) is 18.9. The number of rotatable bonds is 6. The van der Waals surface area contributed by atoms with E-state index in [2.05, 4.69) is 41.4 Å². The van der Waals surface area contributed by atoms with Crippen molar-refractivity contribution in [2.45, 2.75) is 0 Å². The topological polar surface area (TPSA) is 51.3 Å². The van der Waals surface area contributed by atoms with Gasteiger partial charge in [0.2, 0.25) is 0 Å². The second-order valence-electron chi connectivity index (χ2n) is 7.80. The van der Waals surface area contributed by atoms with Gasteiger partial charge in [-0.1, -0.05) is 66.7 Å². The first-order chi connectivity index (χ1) is 16.7. The lowest BCUT2D eigenvalue weighted by Crippen LogP contribution is -2.11. The smallest absolute Gasteiger partial charge is 0.257 e. The van der Waals surface area contributed by atoms with E-state index in [-0.39, 0.29) is 5.56 Å². The average molecular weight is 466 g/mol. The Hall–Kier alpha value is -4.09. The standard InChI is InChI=1S/C29H23NO3S/c1-32-24-17-22-23(18-25(24)33-2)30-29(31)28(26-12-7-15-34-26)27(22)21-11-6-10-20(16-21)14-13-19-8-4-3-5-9-19/h3-18H,1-2H3,(H,30,31)/b14-13+. The monoisotopic (exact) mass is 465 g/mol. The highest BCUT2D eigenvalue weighted by Crippen LogP contribution is 2.41. The Labute approximate surface area is 201 Å². The van der Waals surface area contributed by atoms with Gasteiger partial charge < -0.3 is 14.5 Å². The molecule has 0 aliphatic rings. The lowest BCUT2D eigenvalue weighted by Gasteiger charge is -2.15. The van der Waals surface area contributed by atoms with Gasteiger partial charge in [-0.25, -0.2) is 0 Å². The number of thiophene rings is 1. The van der Waals surface area contributed by atoms with Crippen molar-refractivity contribution in [2.24, 2.45) is 0 Å². The molecule has 2 aromatic heterocycles. The van der Waals surface area contributed by atoms with Crippen molar-refractivity contribution in [2.75, 3.05) is 14.2 Å². The van der Waals surface area contributed by atoms with E-state index in [1.807, 2.05) is 60.0 Å². The molecule has 0 amide bonds. The Morgan fingerprint density at radius 2 is 1.50 bits per heavy atom. The van der Waals surface area contributed by atoms with Gasteiger partial charge in [-0.3, -0.25) is 4.79 Å². The second kappa shape index (κ2) is 9.41. The summed E-state index contributed by atoms with van der Waals surface area (Å²) in [7, 11) is 3.20. The number of fused-ring (bicyclic) bond motifs is 1. The van der Waals surface area contributed by atoms with Crippen molar-refractivity contribution in [3.05, 3.63) is 106 Å². The van der Waals surface area contributed by atoms with E-state index in [0.717, 1.165) is 32.5 Å². The molecule has 5 rings (SSSR count). The summed E-state index contributed by atoms with van der Waals surface area (Å²) in [5.41, 5.74) is 5.22. The Kier molecular flexibility index (Phi) is 6.02. The third-order valence-electron chi connectivity index (χ3n) is 5.73. The zero-order chi connectivity index (χ0) is 23.5. The number of pyridine rings is 1. The van der Waals surface area contributed by atoms with Crippen LogP contribution in [-0.4, -0.2) is 19.2 Å². The first kappa shape index (κ1) is 21.7. The van der Waals surface area contributed by atoms with Crippen molar-refractivity contribution in [1.82, 2.24) is 4.98 Å². The van der Waals surface area contributed by atoms with Gasteiger partial charge in [-0.2, -0.15) is 0 Å². The molecule has 0 saturated heterocycles. The maximum Gasteiger partial charge on any atom is 0.257 e. The van der Waals surface area contributed by atoms with Crippen molar-refractivity contribution in [3.63, 3.8) is 0 Å². The predicted octanol–water partition coefficient (Wildman–Crippen LogP) is 7.11. The highest BCUT2D eigenvalue weighted by Gasteiger charge is 2.19. The van der Waals surface area contributed by atoms with Crippen molar-refractivity contribution < 1.29 is 9.47 Å². The minimum Gasteiger partial charge on any atom is -0.493 e. The minimum atomic E-state index is -0.137. The number of aromatic amines is 1. The molecule has 0 atom stereocenters.